The predicted molar refractivity (Wildman–Crippen MR) is 182 cm³/mol. The average Bonchev–Trinajstić information content (AvgIpc) is 3.67. The van der Waals surface area contributed by atoms with Crippen LogP contribution in [0.25, 0.3) is 33.4 Å². The second-order valence-electron chi connectivity index (χ2n) is 12.6. The zero-order chi connectivity index (χ0) is 32.8. The summed E-state index contributed by atoms with van der Waals surface area (Å²) >= 11 is 1.58. The number of rotatable bonds is 14. The minimum atomic E-state index is -0.348. The van der Waals surface area contributed by atoms with Gasteiger partial charge in [0.25, 0.3) is 12.4 Å². The van der Waals surface area contributed by atoms with Gasteiger partial charge in [0, 0.05) is 72.2 Å². The van der Waals surface area contributed by atoms with Crippen molar-refractivity contribution in [3.8, 4) is 22.5 Å². The third-order valence-corrected chi connectivity index (χ3v) is 9.64. The first kappa shape index (κ1) is 33.7. The second kappa shape index (κ2) is 14.8. The van der Waals surface area contributed by atoms with E-state index in [9.17, 15) is 9.59 Å². The van der Waals surface area contributed by atoms with Crippen LogP contribution in [0.5, 0.6) is 0 Å². The largest absolute Gasteiger partial charge is 0.467 e. The molecule has 0 aliphatic carbocycles. The number of likely N-dealkylation sites (N-methyl/N-ethyl adjacent to an activating group) is 1. The van der Waals surface area contributed by atoms with E-state index in [1.54, 1.807) is 23.5 Å². The minimum Gasteiger partial charge on any atom is -0.467 e. The highest BCUT2D eigenvalue weighted by molar-refractivity contribution is 7.10. The molecule has 4 aromatic rings. The molecule has 1 aromatic carbocycles. The third kappa shape index (κ3) is 7.17. The monoisotopic (exact) mass is 646 g/mol. The first-order valence-corrected chi connectivity index (χ1v) is 16.9. The summed E-state index contributed by atoms with van der Waals surface area (Å²) in [5.41, 5.74) is 10.1. The summed E-state index contributed by atoms with van der Waals surface area (Å²) in [6.07, 6.45) is 4.91. The molecule has 3 aromatic heterocycles. The molecule has 1 saturated heterocycles. The van der Waals surface area contributed by atoms with Crippen LogP contribution in [0.4, 0.5) is 0 Å². The molecular weight excluding hydrogens is 600 g/mol. The number of methoxy groups -OCH3 is 1. The number of nitrogens with one attached hydrogen (secondary N) is 2. The van der Waals surface area contributed by atoms with E-state index in [2.05, 4.69) is 65.7 Å². The van der Waals surface area contributed by atoms with Gasteiger partial charge in [-0.25, -0.2) is 10.4 Å². The van der Waals surface area contributed by atoms with Crippen LogP contribution in [0.2, 0.25) is 0 Å². The highest BCUT2D eigenvalue weighted by atomic mass is 32.1. The van der Waals surface area contributed by atoms with Gasteiger partial charge in [-0.1, -0.05) is 19.9 Å². The number of hydrogen-bond acceptors (Lipinski definition) is 9. The van der Waals surface area contributed by atoms with Crippen LogP contribution < -0.4 is 10.7 Å². The zero-order valence-corrected chi connectivity index (χ0v) is 28.6. The van der Waals surface area contributed by atoms with Crippen LogP contribution in [-0.4, -0.2) is 71.8 Å². The van der Waals surface area contributed by atoms with Gasteiger partial charge in [0.05, 0.1) is 40.8 Å². The molecule has 10 nitrogen and oxygen atoms in total. The van der Waals surface area contributed by atoms with Crippen molar-refractivity contribution in [2.24, 2.45) is 5.41 Å². The Hall–Kier alpha value is -3.64. The Morgan fingerprint density at radius 3 is 2.78 bits per heavy atom. The number of benzene rings is 1. The summed E-state index contributed by atoms with van der Waals surface area (Å²) in [6.45, 7) is 11.5. The van der Waals surface area contributed by atoms with Crippen molar-refractivity contribution >= 4 is 34.6 Å². The Balaban J connectivity index is 1.57. The first-order chi connectivity index (χ1) is 22.2. The lowest BCUT2D eigenvalue weighted by atomic mass is 9.84. The number of pyridine rings is 1. The number of nitrogens with zero attached hydrogens (tertiary/aromatic N) is 4. The van der Waals surface area contributed by atoms with E-state index in [1.807, 2.05) is 26.2 Å². The van der Waals surface area contributed by atoms with Crippen molar-refractivity contribution in [3.05, 3.63) is 58.2 Å². The lowest BCUT2D eigenvalue weighted by molar-refractivity contribution is -0.137. The number of aryl methyl sites for hydroxylation is 1. The third-order valence-electron chi connectivity index (χ3n) is 8.76. The summed E-state index contributed by atoms with van der Waals surface area (Å²) in [4.78, 5) is 34.1. The number of carbonyl (C=O) groups excluding carboxylic acids is 2. The van der Waals surface area contributed by atoms with Crippen molar-refractivity contribution in [3.63, 3.8) is 0 Å². The lowest BCUT2D eigenvalue weighted by Gasteiger charge is -2.30. The normalized spacial score (nSPS) is 15.2. The molecule has 1 aliphatic rings. The molecule has 0 spiro atoms. The minimum absolute atomic E-state index is 0.0529. The quantitative estimate of drug-likeness (QED) is 0.172. The maximum Gasteiger partial charge on any atom is 0.293 e. The van der Waals surface area contributed by atoms with E-state index in [1.165, 1.54) is 5.56 Å². The fourth-order valence-corrected chi connectivity index (χ4v) is 7.18. The summed E-state index contributed by atoms with van der Waals surface area (Å²) in [5.74, 6) is 0.0529. The molecule has 1 fully saturated rings. The number of aromatic nitrogens is 3. The van der Waals surface area contributed by atoms with Gasteiger partial charge in [0.15, 0.2) is 0 Å². The fourth-order valence-electron chi connectivity index (χ4n) is 6.33. The average molecular weight is 647 g/mol. The van der Waals surface area contributed by atoms with Crippen LogP contribution in [0.3, 0.4) is 0 Å². The number of amides is 1. The van der Waals surface area contributed by atoms with Crippen LogP contribution in [0, 0.1) is 5.41 Å². The van der Waals surface area contributed by atoms with Crippen LogP contribution in [0.1, 0.15) is 62.9 Å². The molecule has 2 N–H and O–H groups in total. The predicted octanol–water partition coefficient (Wildman–Crippen LogP) is 5.55. The van der Waals surface area contributed by atoms with Gasteiger partial charge in [-0.3, -0.25) is 19.6 Å². The van der Waals surface area contributed by atoms with Gasteiger partial charge in [-0.2, -0.15) is 0 Å². The topological polar surface area (TPSA) is 111 Å². The Morgan fingerprint density at radius 1 is 1.26 bits per heavy atom. The van der Waals surface area contributed by atoms with Crippen LogP contribution in [-0.2, 0) is 38.4 Å². The molecule has 2 unspecified atom stereocenters. The Labute approximate surface area is 275 Å². The van der Waals surface area contributed by atoms with Crippen molar-refractivity contribution in [2.75, 3.05) is 33.9 Å². The molecule has 1 aliphatic heterocycles. The number of thiazole rings is 1. The second-order valence-corrected chi connectivity index (χ2v) is 13.6. The molecule has 5 rings (SSSR count). The zero-order valence-electron chi connectivity index (χ0n) is 27.8. The van der Waals surface area contributed by atoms with E-state index in [0.29, 0.717) is 25.9 Å². The number of hydrogen-bond donors (Lipinski definition) is 2. The highest BCUT2D eigenvalue weighted by Crippen LogP contribution is 2.41. The van der Waals surface area contributed by atoms with Crippen molar-refractivity contribution in [1.29, 1.82) is 0 Å². The van der Waals surface area contributed by atoms with Crippen LogP contribution >= 0.6 is 11.3 Å². The summed E-state index contributed by atoms with van der Waals surface area (Å²) in [5, 5.41) is 9.05. The van der Waals surface area contributed by atoms with Gasteiger partial charge >= 0.3 is 0 Å². The molecule has 46 heavy (non-hydrogen) atoms. The highest BCUT2D eigenvalue weighted by Gasteiger charge is 2.29. The summed E-state index contributed by atoms with van der Waals surface area (Å²) in [6, 6.07) is 10.3. The molecular formula is C35H46N6O4S. The summed E-state index contributed by atoms with van der Waals surface area (Å²) < 4.78 is 13.3. The molecule has 0 radical (unpaired) electrons. The SMILES string of the molecule is CCn1c(-c2cccnc2C(C)OC)c(CC(C)(C)COC=O)c2cc(-c3csc(CC(NC)C(=O)N4CCCCN4)n3)ccc21. The van der Waals surface area contributed by atoms with E-state index in [-0.39, 0.29) is 23.5 Å². The van der Waals surface area contributed by atoms with E-state index < -0.39 is 0 Å². The molecule has 2 atom stereocenters. The van der Waals surface area contributed by atoms with Gasteiger partial charge in [0.2, 0.25) is 0 Å². The molecule has 4 heterocycles. The number of carbonyl (C=O) groups is 2. The molecule has 0 saturated carbocycles. The van der Waals surface area contributed by atoms with E-state index in [4.69, 9.17) is 19.4 Å². The fraction of sp³-hybridized carbons (Fsp3) is 0.486. The molecule has 246 valence electrons. The molecule has 0 bridgehead atoms. The Kier molecular flexibility index (Phi) is 10.9. The number of ether oxygens (including phenoxy) is 2. The molecule has 1 amide bonds. The smallest absolute Gasteiger partial charge is 0.293 e. The van der Waals surface area contributed by atoms with Crippen molar-refractivity contribution < 1.29 is 19.1 Å². The Bertz CT molecular complexity index is 1660. The first-order valence-electron chi connectivity index (χ1n) is 16.1. The standard InChI is InChI=1S/C35H46N6O4S/c1-7-40-30-13-12-24(29-20-46-31(39-29)18-28(36-5)34(43)41-16-9-8-15-38-41)17-26(30)27(19-35(3,4)21-45-22-42)33(40)25-11-10-14-37-32(25)23(2)44-6/h10-14,17,20,22-23,28,36,38H,7-9,15-16,18-19,21H2,1-6H3. The van der Waals surface area contributed by atoms with Crippen molar-refractivity contribution in [1.82, 2.24) is 30.3 Å². The van der Waals surface area contributed by atoms with E-state index >= 15 is 0 Å². The van der Waals surface area contributed by atoms with Gasteiger partial charge in [-0.05, 0) is 70.0 Å². The lowest BCUT2D eigenvalue weighted by Crippen LogP contribution is -2.54. The van der Waals surface area contributed by atoms with Gasteiger partial charge in [-0.15, -0.1) is 11.3 Å². The maximum atomic E-state index is 13.2. The van der Waals surface area contributed by atoms with Crippen molar-refractivity contribution in [2.45, 2.75) is 72.1 Å². The number of hydrazine groups is 1. The van der Waals surface area contributed by atoms with E-state index in [0.717, 1.165) is 76.6 Å². The van der Waals surface area contributed by atoms with Gasteiger partial charge < -0.3 is 19.4 Å². The maximum absolute atomic E-state index is 13.2. The van der Waals surface area contributed by atoms with Gasteiger partial charge in [0.1, 0.15) is 0 Å². The van der Waals surface area contributed by atoms with Crippen LogP contribution in [0.15, 0.2) is 41.9 Å². The summed E-state index contributed by atoms with van der Waals surface area (Å²) in [7, 11) is 3.53. The Morgan fingerprint density at radius 2 is 2.09 bits per heavy atom. The molecule has 11 heteroatoms. The number of fused-ring (bicyclic) bond motifs is 1.